The van der Waals surface area contributed by atoms with Crippen molar-refractivity contribution in [2.45, 2.75) is 25.4 Å². The van der Waals surface area contributed by atoms with E-state index < -0.39 is 11.7 Å². The van der Waals surface area contributed by atoms with Gasteiger partial charge in [0, 0.05) is 55.3 Å². The van der Waals surface area contributed by atoms with Crippen LogP contribution in [-0.2, 0) is 6.18 Å². The first-order valence-corrected chi connectivity index (χ1v) is 11.4. The highest BCUT2D eigenvalue weighted by Crippen LogP contribution is 2.39. The number of hydrogen-bond donors (Lipinski definition) is 4. The number of aromatic amines is 1. The first kappa shape index (κ1) is 22.6. The Hall–Kier alpha value is -3.18. The van der Waals surface area contributed by atoms with E-state index in [2.05, 4.69) is 35.5 Å². The molecule has 34 heavy (non-hydrogen) atoms. The van der Waals surface area contributed by atoms with Crippen LogP contribution in [0.25, 0.3) is 22.3 Å². The van der Waals surface area contributed by atoms with E-state index in [0.29, 0.717) is 29.1 Å². The average molecular weight is 474 g/mol. The minimum absolute atomic E-state index is 0.114. The van der Waals surface area contributed by atoms with Crippen molar-refractivity contribution in [1.82, 2.24) is 25.3 Å². The summed E-state index contributed by atoms with van der Waals surface area (Å²) in [4.78, 5) is 18.0. The number of aliphatic hydroxyl groups is 1. The van der Waals surface area contributed by atoms with Gasteiger partial charge in [0.1, 0.15) is 17.0 Å². The van der Waals surface area contributed by atoms with E-state index in [1.165, 1.54) is 6.20 Å². The second kappa shape index (κ2) is 9.22. The molecule has 3 aromatic heterocycles. The molecule has 3 aromatic rings. The summed E-state index contributed by atoms with van der Waals surface area (Å²) in [7, 11) is 0. The van der Waals surface area contributed by atoms with Gasteiger partial charge in [-0.05, 0) is 43.9 Å². The Morgan fingerprint density at radius 3 is 2.71 bits per heavy atom. The molecule has 2 aliphatic rings. The van der Waals surface area contributed by atoms with Crippen molar-refractivity contribution in [3.8, 4) is 11.3 Å². The second-order valence-electron chi connectivity index (χ2n) is 8.65. The van der Waals surface area contributed by atoms with Crippen LogP contribution in [0.1, 0.15) is 24.8 Å². The SMILES string of the molecule is OCC1CCN(c2ccc3c(-c4nc(NC5=CCCNC5)ncc4C(F)(F)F)c[nH]c3n2)CC1. The average Bonchev–Trinajstić information content (AvgIpc) is 3.27. The summed E-state index contributed by atoms with van der Waals surface area (Å²) >= 11 is 0. The molecule has 5 heterocycles. The monoisotopic (exact) mass is 473 g/mol. The Labute approximate surface area is 194 Å². The molecular formula is C23H26F3N7O. The number of aliphatic hydroxyl groups excluding tert-OH is 1. The zero-order chi connectivity index (χ0) is 23.7. The Morgan fingerprint density at radius 1 is 1.18 bits per heavy atom. The third kappa shape index (κ3) is 4.58. The van der Waals surface area contributed by atoms with Crippen LogP contribution in [0.4, 0.5) is 24.9 Å². The zero-order valence-electron chi connectivity index (χ0n) is 18.5. The number of halogens is 3. The molecule has 0 unspecified atom stereocenters. The number of H-pyrrole nitrogens is 1. The van der Waals surface area contributed by atoms with Crippen LogP contribution in [0.2, 0.25) is 0 Å². The van der Waals surface area contributed by atoms with E-state index in [-0.39, 0.29) is 18.2 Å². The number of nitrogens with one attached hydrogen (secondary N) is 3. The highest BCUT2D eigenvalue weighted by molar-refractivity contribution is 5.94. The minimum atomic E-state index is -4.60. The van der Waals surface area contributed by atoms with Crippen molar-refractivity contribution in [3.05, 3.63) is 41.9 Å². The predicted octanol–water partition coefficient (Wildman–Crippen LogP) is 3.54. The Kier molecular flexibility index (Phi) is 6.13. The lowest BCUT2D eigenvalue weighted by molar-refractivity contribution is -0.137. The summed E-state index contributed by atoms with van der Waals surface area (Å²) in [6.45, 7) is 3.18. The molecule has 2 aliphatic heterocycles. The third-order valence-corrected chi connectivity index (χ3v) is 6.37. The van der Waals surface area contributed by atoms with E-state index in [1.807, 2.05) is 12.1 Å². The van der Waals surface area contributed by atoms with Crippen LogP contribution in [0.5, 0.6) is 0 Å². The van der Waals surface area contributed by atoms with Crippen LogP contribution in [0.15, 0.2) is 36.3 Å². The Bertz CT molecular complexity index is 1200. The lowest BCUT2D eigenvalue weighted by Gasteiger charge is -2.31. The summed E-state index contributed by atoms with van der Waals surface area (Å²) in [6.07, 6.45) is 2.30. The highest BCUT2D eigenvalue weighted by Gasteiger charge is 2.36. The molecule has 1 saturated heterocycles. The van der Waals surface area contributed by atoms with Crippen molar-refractivity contribution in [2.75, 3.05) is 43.0 Å². The van der Waals surface area contributed by atoms with Gasteiger partial charge in [-0.1, -0.05) is 6.08 Å². The number of alkyl halides is 3. The molecule has 0 aliphatic carbocycles. The van der Waals surface area contributed by atoms with Gasteiger partial charge >= 0.3 is 6.18 Å². The van der Waals surface area contributed by atoms with E-state index >= 15 is 0 Å². The number of fused-ring (bicyclic) bond motifs is 1. The number of nitrogens with zero attached hydrogens (tertiary/aromatic N) is 4. The van der Waals surface area contributed by atoms with Gasteiger partial charge in [0.15, 0.2) is 0 Å². The summed E-state index contributed by atoms with van der Waals surface area (Å²) in [5, 5.41) is 16.1. The molecule has 8 nitrogen and oxygen atoms in total. The van der Waals surface area contributed by atoms with Gasteiger partial charge in [0.2, 0.25) is 5.95 Å². The molecule has 0 atom stereocenters. The van der Waals surface area contributed by atoms with Gasteiger partial charge < -0.3 is 25.6 Å². The molecule has 0 amide bonds. The number of aromatic nitrogens is 4. The lowest BCUT2D eigenvalue weighted by Crippen LogP contribution is -2.35. The number of piperidine rings is 1. The highest BCUT2D eigenvalue weighted by atomic mass is 19.4. The van der Waals surface area contributed by atoms with Gasteiger partial charge in [-0.3, -0.25) is 0 Å². The first-order valence-electron chi connectivity index (χ1n) is 11.4. The van der Waals surface area contributed by atoms with Crippen molar-refractivity contribution < 1.29 is 18.3 Å². The Morgan fingerprint density at radius 2 is 2.00 bits per heavy atom. The minimum Gasteiger partial charge on any atom is -0.396 e. The molecule has 4 N–H and O–H groups in total. The summed E-state index contributed by atoms with van der Waals surface area (Å²) < 4.78 is 41.5. The maximum atomic E-state index is 13.8. The predicted molar refractivity (Wildman–Crippen MR) is 123 cm³/mol. The molecular weight excluding hydrogens is 447 g/mol. The number of rotatable bonds is 5. The van der Waals surface area contributed by atoms with E-state index in [9.17, 15) is 18.3 Å². The van der Waals surface area contributed by atoms with Gasteiger partial charge in [-0.2, -0.15) is 13.2 Å². The zero-order valence-corrected chi connectivity index (χ0v) is 18.5. The summed E-state index contributed by atoms with van der Waals surface area (Å²) in [5.41, 5.74) is 0.551. The maximum absolute atomic E-state index is 13.8. The maximum Gasteiger partial charge on any atom is 0.419 e. The van der Waals surface area contributed by atoms with Crippen LogP contribution < -0.4 is 15.5 Å². The molecule has 11 heteroatoms. The van der Waals surface area contributed by atoms with Crippen molar-refractivity contribution in [1.29, 1.82) is 0 Å². The quantitative estimate of drug-likeness (QED) is 0.450. The number of pyridine rings is 1. The van der Waals surface area contributed by atoms with Crippen molar-refractivity contribution >= 4 is 22.8 Å². The molecule has 0 bridgehead atoms. The largest absolute Gasteiger partial charge is 0.419 e. The molecule has 1 fully saturated rings. The van der Waals surface area contributed by atoms with E-state index in [1.54, 1.807) is 6.07 Å². The topological polar surface area (TPSA) is 102 Å². The summed E-state index contributed by atoms with van der Waals surface area (Å²) in [6, 6.07) is 3.61. The van der Waals surface area contributed by atoms with Crippen LogP contribution >= 0.6 is 0 Å². The van der Waals surface area contributed by atoms with Crippen molar-refractivity contribution in [2.24, 2.45) is 5.92 Å². The first-order chi connectivity index (χ1) is 16.4. The third-order valence-electron chi connectivity index (χ3n) is 6.37. The molecule has 0 spiro atoms. The Balaban J connectivity index is 1.49. The molecule has 0 saturated carbocycles. The fourth-order valence-electron chi connectivity index (χ4n) is 4.45. The lowest BCUT2D eigenvalue weighted by atomic mass is 9.98. The molecule has 0 aromatic carbocycles. The van der Waals surface area contributed by atoms with Crippen LogP contribution in [-0.4, -0.2) is 57.8 Å². The smallest absolute Gasteiger partial charge is 0.396 e. The van der Waals surface area contributed by atoms with Crippen LogP contribution in [0.3, 0.4) is 0 Å². The number of anilines is 2. The molecule has 5 rings (SSSR count). The number of hydrogen-bond acceptors (Lipinski definition) is 7. The second-order valence-corrected chi connectivity index (χ2v) is 8.65. The van der Waals surface area contributed by atoms with Gasteiger partial charge in [-0.15, -0.1) is 0 Å². The standard InChI is InChI=1S/C23H26F3N7O/c24-23(25,26)18-12-29-22(30-15-2-1-7-27-10-15)32-20(18)17-11-28-21-16(17)3-4-19(31-21)33-8-5-14(13-34)6-9-33/h2-4,11-12,14,27,34H,1,5-10,13H2,(H,28,31)(H,29,30,32). The van der Waals surface area contributed by atoms with Crippen LogP contribution in [0, 0.1) is 5.92 Å². The fourth-order valence-corrected chi connectivity index (χ4v) is 4.45. The molecule has 0 radical (unpaired) electrons. The van der Waals surface area contributed by atoms with Gasteiger partial charge in [0.25, 0.3) is 0 Å². The van der Waals surface area contributed by atoms with Gasteiger partial charge in [0.05, 0.1) is 5.69 Å². The van der Waals surface area contributed by atoms with E-state index in [0.717, 1.165) is 56.6 Å². The normalized spacial score (nSPS) is 17.8. The fraction of sp³-hybridized carbons (Fsp3) is 0.435. The molecule has 180 valence electrons. The van der Waals surface area contributed by atoms with Gasteiger partial charge in [-0.25, -0.2) is 15.0 Å². The summed E-state index contributed by atoms with van der Waals surface area (Å²) in [5.74, 6) is 1.18. The van der Waals surface area contributed by atoms with Crippen molar-refractivity contribution in [3.63, 3.8) is 0 Å². The van der Waals surface area contributed by atoms with E-state index in [4.69, 9.17) is 0 Å².